The molecule has 0 bridgehead atoms. The Hall–Kier alpha value is -3.86. The number of pyridine rings is 1. The number of hydrogen-bond acceptors (Lipinski definition) is 4. The minimum absolute atomic E-state index is 0.0766. The zero-order chi connectivity index (χ0) is 17.8. The highest BCUT2D eigenvalue weighted by molar-refractivity contribution is 6.00. The van der Waals surface area contributed by atoms with Crippen LogP contribution in [0.3, 0.4) is 0 Å². The van der Waals surface area contributed by atoms with Crippen LogP contribution in [0.25, 0.3) is 5.65 Å². The largest absolute Gasteiger partial charge is 0.480 e. The first kappa shape index (κ1) is 16.0. The van der Waals surface area contributed by atoms with Crippen molar-refractivity contribution in [3.63, 3.8) is 0 Å². The summed E-state index contributed by atoms with van der Waals surface area (Å²) in [6.07, 6.45) is 1.32. The number of carboxylic acid groups (broad SMARTS) is 1. The number of nitrogens with one attached hydrogen (secondary N) is 2. The lowest BCUT2D eigenvalue weighted by Gasteiger charge is -2.04. The summed E-state index contributed by atoms with van der Waals surface area (Å²) in [5.41, 5.74) is 0.343. The van der Waals surface area contributed by atoms with Crippen molar-refractivity contribution in [2.45, 2.75) is 0 Å². The molecule has 0 aliphatic rings. The Labute approximate surface area is 141 Å². The highest BCUT2D eigenvalue weighted by Gasteiger charge is 2.18. The Balaban J connectivity index is 2.04. The number of hydrogen-bond donors (Lipinski definition) is 3. The van der Waals surface area contributed by atoms with Gasteiger partial charge in [-0.2, -0.15) is 0 Å². The number of rotatable bonds is 3. The first-order chi connectivity index (χ1) is 12.1. The number of carbonyl (C=O) groups is 2. The minimum Gasteiger partial charge on any atom is -0.480 e. The fourth-order valence-electron chi connectivity index (χ4n) is 2.21. The zero-order valence-corrected chi connectivity index (χ0v) is 12.8. The summed E-state index contributed by atoms with van der Waals surface area (Å²) >= 11 is 0. The molecule has 3 rings (SSSR count). The molecule has 8 heteroatoms. The lowest BCUT2D eigenvalue weighted by molar-refractivity contribution is -0.135. The number of H-pyrrole nitrogens is 1. The number of carbonyl (C=O) groups excluding carboxylic acids is 1. The fourth-order valence-corrected chi connectivity index (χ4v) is 2.21. The lowest BCUT2D eigenvalue weighted by Crippen LogP contribution is -2.33. The predicted molar refractivity (Wildman–Crippen MR) is 88.2 cm³/mol. The average molecular weight is 336 g/mol. The molecule has 3 aromatic rings. The topological polar surface area (TPSA) is 117 Å². The van der Waals surface area contributed by atoms with E-state index < -0.39 is 23.9 Å². The smallest absolute Gasteiger partial charge is 0.322 e. The lowest BCUT2D eigenvalue weighted by atomic mass is 10.2. The molecule has 1 aromatic carbocycles. The predicted octanol–water partition coefficient (Wildman–Crippen LogP) is 0.237. The number of carboxylic acids is 1. The number of fused-ring (bicyclic) bond motifs is 1. The molecule has 8 nitrogen and oxygen atoms in total. The van der Waals surface area contributed by atoms with Crippen molar-refractivity contribution in [3.05, 3.63) is 69.8 Å². The second-order valence-corrected chi connectivity index (χ2v) is 5.01. The molecule has 0 saturated heterocycles. The van der Waals surface area contributed by atoms with Gasteiger partial charge < -0.3 is 10.4 Å². The maximum absolute atomic E-state index is 12.3. The molecular weight excluding hydrogens is 324 g/mol. The van der Waals surface area contributed by atoms with E-state index in [4.69, 9.17) is 5.11 Å². The van der Waals surface area contributed by atoms with E-state index in [1.807, 2.05) is 30.3 Å². The molecule has 25 heavy (non-hydrogen) atoms. The Bertz CT molecular complexity index is 1070. The Morgan fingerprint density at radius 1 is 1.24 bits per heavy atom. The van der Waals surface area contributed by atoms with Crippen LogP contribution in [0.5, 0.6) is 0 Å². The van der Waals surface area contributed by atoms with Crippen LogP contribution in [0, 0.1) is 11.8 Å². The molecule has 0 saturated carbocycles. The Morgan fingerprint density at radius 2 is 2.00 bits per heavy atom. The molecule has 0 spiro atoms. The van der Waals surface area contributed by atoms with Crippen LogP contribution in [0.1, 0.15) is 21.6 Å². The van der Waals surface area contributed by atoms with Gasteiger partial charge in [0, 0.05) is 11.6 Å². The van der Waals surface area contributed by atoms with Crippen LogP contribution >= 0.6 is 0 Å². The van der Waals surface area contributed by atoms with Crippen molar-refractivity contribution in [1.82, 2.24) is 19.9 Å². The molecule has 2 heterocycles. The summed E-state index contributed by atoms with van der Waals surface area (Å²) in [7, 11) is 0. The van der Waals surface area contributed by atoms with Crippen LogP contribution < -0.4 is 10.7 Å². The number of aromatic nitrogens is 3. The average Bonchev–Trinajstić information content (AvgIpc) is 3.08. The van der Waals surface area contributed by atoms with E-state index >= 15 is 0 Å². The van der Waals surface area contributed by atoms with Gasteiger partial charge >= 0.3 is 5.97 Å². The second-order valence-electron chi connectivity index (χ2n) is 5.01. The molecule has 0 radical (unpaired) electrons. The standard InChI is InChI=1S/C17H12N4O4/c22-13-8-12(7-6-11-4-2-1-3-5-11)21-16(19-10-20-21)15(13)17(25)18-9-14(23)24/h1-5,8,10H,9H2,(H,18,25)(H,19,20)(H,23,24). The highest BCUT2D eigenvalue weighted by atomic mass is 16.4. The van der Waals surface area contributed by atoms with Gasteiger partial charge in [-0.15, -0.1) is 0 Å². The van der Waals surface area contributed by atoms with Crippen LogP contribution in [0.2, 0.25) is 0 Å². The Kier molecular flexibility index (Phi) is 4.30. The van der Waals surface area contributed by atoms with Gasteiger partial charge in [0.25, 0.3) is 5.91 Å². The van der Waals surface area contributed by atoms with Gasteiger partial charge in [0.2, 0.25) is 0 Å². The van der Waals surface area contributed by atoms with E-state index in [0.717, 1.165) is 5.56 Å². The minimum atomic E-state index is -1.21. The van der Waals surface area contributed by atoms with Gasteiger partial charge in [-0.3, -0.25) is 19.5 Å². The maximum atomic E-state index is 12.3. The van der Waals surface area contributed by atoms with Gasteiger partial charge in [0.15, 0.2) is 11.1 Å². The summed E-state index contributed by atoms with van der Waals surface area (Å²) in [4.78, 5) is 38.9. The molecule has 2 aromatic heterocycles. The normalized spacial score (nSPS) is 10.1. The number of aliphatic carboxylic acids is 1. The van der Waals surface area contributed by atoms with Crippen LogP contribution in [-0.2, 0) is 4.79 Å². The third kappa shape index (κ3) is 3.40. The zero-order valence-electron chi connectivity index (χ0n) is 12.8. The molecular formula is C17H12N4O4. The van der Waals surface area contributed by atoms with Crippen molar-refractivity contribution < 1.29 is 14.7 Å². The third-order valence-corrected chi connectivity index (χ3v) is 3.30. The van der Waals surface area contributed by atoms with Gasteiger partial charge in [0.05, 0.1) is 0 Å². The first-order valence-corrected chi connectivity index (χ1v) is 7.22. The molecule has 0 unspecified atom stereocenters. The van der Waals surface area contributed by atoms with Crippen LogP contribution in [0.4, 0.5) is 0 Å². The number of amides is 1. The summed E-state index contributed by atoms with van der Waals surface area (Å²) in [6, 6.07) is 10.4. The van der Waals surface area contributed by atoms with Crippen LogP contribution in [0.15, 0.2) is 47.5 Å². The summed E-state index contributed by atoms with van der Waals surface area (Å²) in [5, 5.41) is 13.6. The van der Waals surface area contributed by atoms with Crippen molar-refractivity contribution in [2.75, 3.05) is 6.54 Å². The number of nitrogens with zero attached hydrogens (tertiary/aromatic N) is 2. The van der Waals surface area contributed by atoms with E-state index in [2.05, 4.69) is 27.2 Å². The van der Waals surface area contributed by atoms with Crippen molar-refractivity contribution >= 4 is 17.5 Å². The molecule has 0 aliphatic carbocycles. The molecule has 0 aliphatic heterocycles. The second kappa shape index (κ2) is 6.72. The molecule has 124 valence electrons. The Morgan fingerprint density at radius 3 is 2.72 bits per heavy atom. The van der Waals surface area contributed by atoms with E-state index in [1.165, 1.54) is 16.9 Å². The highest BCUT2D eigenvalue weighted by Crippen LogP contribution is 2.06. The molecule has 1 amide bonds. The third-order valence-electron chi connectivity index (χ3n) is 3.30. The van der Waals surface area contributed by atoms with E-state index in [-0.39, 0.29) is 11.2 Å². The molecule has 3 N–H and O–H groups in total. The van der Waals surface area contributed by atoms with Gasteiger partial charge in [-0.1, -0.05) is 24.1 Å². The van der Waals surface area contributed by atoms with Crippen molar-refractivity contribution in [1.29, 1.82) is 0 Å². The first-order valence-electron chi connectivity index (χ1n) is 7.22. The monoisotopic (exact) mass is 336 g/mol. The van der Waals surface area contributed by atoms with Crippen molar-refractivity contribution in [2.24, 2.45) is 0 Å². The fraction of sp³-hybridized carbons (Fsp3) is 0.0588. The summed E-state index contributed by atoms with van der Waals surface area (Å²) < 4.78 is 1.40. The van der Waals surface area contributed by atoms with Gasteiger partial charge in [-0.05, 0) is 18.1 Å². The van der Waals surface area contributed by atoms with Crippen molar-refractivity contribution in [3.8, 4) is 11.8 Å². The quantitative estimate of drug-likeness (QED) is 0.592. The SMILES string of the molecule is O=C(O)CNC(=O)c1c(=O)cc(C#Cc2ccccc2)n2[nH]cnc12. The molecule has 0 atom stereocenters. The number of benzene rings is 1. The van der Waals surface area contributed by atoms with E-state index in [0.29, 0.717) is 5.69 Å². The van der Waals surface area contributed by atoms with Gasteiger partial charge in [0.1, 0.15) is 24.1 Å². The van der Waals surface area contributed by atoms with E-state index in [1.54, 1.807) is 0 Å². The van der Waals surface area contributed by atoms with E-state index in [9.17, 15) is 14.4 Å². The molecule has 0 fully saturated rings. The summed E-state index contributed by atoms with van der Waals surface area (Å²) in [6.45, 7) is -0.593. The van der Waals surface area contributed by atoms with Gasteiger partial charge in [-0.25, -0.2) is 9.50 Å². The summed E-state index contributed by atoms with van der Waals surface area (Å²) in [5.74, 6) is 3.77. The van der Waals surface area contributed by atoms with Crippen LogP contribution in [-0.4, -0.2) is 38.1 Å². The number of aromatic amines is 1. The maximum Gasteiger partial charge on any atom is 0.322 e.